The number of hydrogen-bond acceptors (Lipinski definition) is 2. The second-order valence-corrected chi connectivity index (χ2v) is 4.11. The largest absolute Gasteiger partial charge is 0.341 e. The number of hydrogen-bond donors (Lipinski definition) is 1. The van der Waals surface area contributed by atoms with Gasteiger partial charge in [-0.2, -0.15) is 0 Å². The van der Waals surface area contributed by atoms with Crippen molar-refractivity contribution < 1.29 is 4.79 Å². The number of nitrogens with zero attached hydrogens (tertiary/aromatic N) is 1. The minimum Gasteiger partial charge on any atom is -0.341 e. The lowest BCUT2D eigenvalue weighted by Crippen LogP contribution is -2.32. The normalized spacial score (nSPS) is 24.8. The van der Waals surface area contributed by atoms with Crippen molar-refractivity contribution in [2.75, 3.05) is 13.1 Å². The highest BCUT2D eigenvalue weighted by molar-refractivity contribution is 5.76. The fourth-order valence-electron chi connectivity index (χ4n) is 1.59. The molecule has 1 heterocycles. The van der Waals surface area contributed by atoms with Gasteiger partial charge in [-0.1, -0.05) is 20.3 Å². The summed E-state index contributed by atoms with van der Waals surface area (Å²) in [6.45, 7) is 5.85. The second kappa shape index (κ2) is 4.61. The van der Waals surface area contributed by atoms with Crippen molar-refractivity contribution in [1.29, 1.82) is 0 Å². The van der Waals surface area contributed by atoms with E-state index in [2.05, 4.69) is 13.8 Å². The van der Waals surface area contributed by atoms with Gasteiger partial charge in [0, 0.05) is 25.6 Å². The van der Waals surface area contributed by atoms with Gasteiger partial charge >= 0.3 is 0 Å². The lowest BCUT2D eigenvalue weighted by molar-refractivity contribution is -0.131. The summed E-state index contributed by atoms with van der Waals surface area (Å²) in [5.74, 6) is 0.784. The van der Waals surface area contributed by atoms with Crippen molar-refractivity contribution in [3.63, 3.8) is 0 Å². The third kappa shape index (κ3) is 2.99. The molecular weight excluding hydrogens is 164 g/mol. The first-order chi connectivity index (χ1) is 6.13. The molecule has 1 aliphatic heterocycles. The molecule has 0 aromatic rings. The SMILES string of the molecule is CCC(C)CC(=O)N1CC[C@@H](N)C1. The molecular formula is C10H20N2O. The van der Waals surface area contributed by atoms with Crippen molar-refractivity contribution in [2.24, 2.45) is 11.7 Å². The van der Waals surface area contributed by atoms with Crippen LogP contribution in [0.1, 0.15) is 33.1 Å². The molecule has 2 N–H and O–H groups in total. The molecule has 3 heteroatoms. The predicted octanol–water partition coefficient (Wildman–Crippen LogP) is 0.982. The molecule has 1 rings (SSSR count). The van der Waals surface area contributed by atoms with Crippen LogP contribution in [0.5, 0.6) is 0 Å². The molecule has 0 aliphatic carbocycles. The van der Waals surface area contributed by atoms with Gasteiger partial charge in [0.2, 0.25) is 5.91 Å². The average Bonchev–Trinajstić information content (AvgIpc) is 2.51. The highest BCUT2D eigenvalue weighted by Crippen LogP contribution is 2.13. The molecule has 76 valence electrons. The first kappa shape index (κ1) is 10.5. The van der Waals surface area contributed by atoms with E-state index in [0.29, 0.717) is 12.3 Å². The van der Waals surface area contributed by atoms with Crippen molar-refractivity contribution in [3.8, 4) is 0 Å². The molecule has 1 saturated heterocycles. The molecule has 0 aromatic carbocycles. The minimum absolute atomic E-state index is 0.209. The molecule has 3 nitrogen and oxygen atoms in total. The highest BCUT2D eigenvalue weighted by Gasteiger charge is 2.23. The molecule has 2 atom stereocenters. The van der Waals surface area contributed by atoms with Gasteiger partial charge in [0.15, 0.2) is 0 Å². The van der Waals surface area contributed by atoms with Crippen molar-refractivity contribution in [2.45, 2.75) is 39.2 Å². The van der Waals surface area contributed by atoms with E-state index in [4.69, 9.17) is 5.73 Å². The van der Waals surface area contributed by atoms with Gasteiger partial charge in [0.25, 0.3) is 0 Å². The second-order valence-electron chi connectivity index (χ2n) is 4.11. The van der Waals surface area contributed by atoms with Gasteiger partial charge in [0.05, 0.1) is 0 Å². The standard InChI is InChI=1S/C10H20N2O/c1-3-8(2)6-10(13)12-5-4-9(11)7-12/h8-9H,3-7,11H2,1-2H3/t8?,9-/m1/s1. The third-order valence-electron chi connectivity index (χ3n) is 2.80. The van der Waals surface area contributed by atoms with Gasteiger partial charge < -0.3 is 10.6 Å². The number of rotatable bonds is 3. The van der Waals surface area contributed by atoms with E-state index in [1.807, 2.05) is 4.90 Å². The molecule has 1 unspecified atom stereocenters. The van der Waals surface area contributed by atoms with Crippen LogP contribution >= 0.6 is 0 Å². The Morgan fingerprint density at radius 3 is 2.85 bits per heavy atom. The number of carbonyl (C=O) groups is 1. The third-order valence-corrected chi connectivity index (χ3v) is 2.80. The summed E-state index contributed by atoms with van der Waals surface area (Å²) in [5.41, 5.74) is 5.73. The van der Waals surface area contributed by atoms with Crippen LogP contribution in [-0.4, -0.2) is 29.9 Å². The van der Waals surface area contributed by atoms with Gasteiger partial charge in [-0.15, -0.1) is 0 Å². The first-order valence-electron chi connectivity index (χ1n) is 5.16. The van der Waals surface area contributed by atoms with Crippen LogP contribution in [0.4, 0.5) is 0 Å². The fourth-order valence-corrected chi connectivity index (χ4v) is 1.59. The van der Waals surface area contributed by atoms with E-state index < -0.39 is 0 Å². The maximum absolute atomic E-state index is 11.6. The van der Waals surface area contributed by atoms with E-state index in [0.717, 1.165) is 25.9 Å². The number of amides is 1. The van der Waals surface area contributed by atoms with Gasteiger partial charge in [-0.25, -0.2) is 0 Å². The first-order valence-corrected chi connectivity index (χ1v) is 5.16. The summed E-state index contributed by atoms with van der Waals surface area (Å²) in [6.07, 6.45) is 2.72. The van der Waals surface area contributed by atoms with E-state index in [1.54, 1.807) is 0 Å². The van der Waals surface area contributed by atoms with Crippen LogP contribution in [0.2, 0.25) is 0 Å². The smallest absolute Gasteiger partial charge is 0.222 e. The predicted molar refractivity (Wildman–Crippen MR) is 53.2 cm³/mol. The Morgan fingerprint density at radius 2 is 2.38 bits per heavy atom. The van der Waals surface area contributed by atoms with Crippen LogP contribution in [0.15, 0.2) is 0 Å². The summed E-state index contributed by atoms with van der Waals surface area (Å²) < 4.78 is 0. The minimum atomic E-state index is 0.209. The van der Waals surface area contributed by atoms with Crippen LogP contribution in [-0.2, 0) is 4.79 Å². The van der Waals surface area contributed by atoms with E-state index in [-0.39, 0.29) is 11.9 Å². The van der Waals surface area contributed by atoms with Crippen molar-refractivity contribution in [3.05, 3.63) is 0 Å². The van der Waals surface area contributed by atoms with E-state index in [1.165, 1.54) is 0 Å². The zero-order valence-electron chi connectivity index (χ0n) is 8.62. The molecule has 0 aromatic heterocycles. The van der Waals surface area contributed by atoms with E-state index in [9.17, 15) is 4.79 Å². The average molecular weight is 184 g/mol. The Morgan fingerprint density at radius 1 is 1.69 bits per heavy atom. The monoisotopic (exact) mass is 184 g/mol. The molecule has 0 bridgehead atoms. The Bertz CT molecular complexity index is 182. The summed E-state index contributed by atoms with van der Waals surface area (Å²) in [6, 6.07) is 0.209. The summed E-state index contributed by atoms with van der Waals surface area (Å²) in [7, 11) is 0. The van der Waals surface area contributed by atoms with Gasteiger partial charge in [0.1, 0.15) is 0 Å². The molecule has 0 saturated carbocycles. The maximum atomic E-state index is 11.6. The van der Waals surface area contributed by atoms with Crippen LogP contribution in [0.25, 0.3) is 0 Å². The van der Waals surface area contributed by atoms with Crippen LogP contribution in [0.3, 0.4) is 0 Å². The lowest BCUT2D eigenvalue weighted by atomic mass is 10.0. The van der Waals surface area contributed by atoms with Crippen molar-refractivity contribution in [1.82, 2.24) is 4.90 Å². The van der Waals surface area contributed by atoms with Gasteiger partial charge in [-0.3, -0.25) is 4.79 Å². The lowest BCUT2D eigenvalue weighted by Gasteiger charge is -2.17. The zero-order chi connectivity index (χ0) is 9.84. The summed E-state index contributed by atoms with van der Waals surface area (Å²) in [4.78, 5) is 13.5. The molecule has 0 radical (unpaired) electrons. The highest BCUT2D eigenvalue weighted by atomic mass is 16.2. The molecule has 0 spiro atoms. The molecule has 1 fully saturated rings. The quantitative estimate of drug-likeness (QED) is 0.710. The summed E-state index contributed by atoms with van der Waals surface area (Å²) >= 11 is 0. The number of likely N-dealkylation sites (tertiary alicyclic amines) is 1. The molecule has 1 aliphatic rings. The van der Waals surface area contributed by atoms with Gasteiger partial charge in [-0.05, 0) is 12.3 Å². The van der Waals surface area contributed by atoms with Crippen molar-refractivity contribution >= 4 is 5.91 Å². The Kier molecular flexibility index (Phi) is 3.72. The Labute approximate surface area is 80.3 Å². The zero-order valence-corrected chi connectivity index (χ0v) is 8.62. The fraction of sp³-hybridized carbons (Fsp3) is 0.900. The summed E-state index contributed by atoms with van der Waals surface area (Å²) in [5, 5.41) is 0. The molecule has 13 heavy (non-hydrogen) atoms. The topological polar surface area (TPSA) is 46.3 Å². The number of nitrogens with two attached hydrogens (primary N) is 1. The number of carbonyl (C=O) groups excluding carboxylic acids is 1. The maximum Gasteiger partial charge on any atom is 0.222 e. The Hall–Kier alpha value is -0.570. The molecule has 1 amide bonds. The Balaban J connectivity index is 2.31. The van der Waals surface area contributed by atoms with E-state index >= 15 is 0 Å². The van der Waals surface area contributed by atoms with Crippen LogP contribution < -0.4 is 5.73 Å². The van der Waals surface area contributed by atoms with Crippen LogP contribution in [0, 0.1) is 5.92 Å².